The highest BCUT2D eigenvalue weighted by molar-refractivity contribution is 5.34. The van der Waals surface area contributed by atoms with Crippen molar-refractivity contribution in [3.63, 3.8) is 0 Å². The van der Waals surface area contributed by atoms with E-state index in [1.807, 2.05) is 12.1 Å². The third-order valence-electron chi connectivity index (χ3n) is 4.93. The predicted octanol–water partition coefficient (Wildman–Crippen LogP) is 2.88. The minimum Gasteiger partial charge on any atom is -0.504 e. The molecule has 1 saturated carbocycles. The van der Waals surface area contributed by atoms with Crippen molar-refractivity contribution in [2.75, 3.05) is 19.8 Å². The smallest absolute Gasteiger partial charge is 0.220 e. The van der Waals surface area contributed by atoms with Crippen molar-refractivity contribution in [1.29, 1.82) is 0 Å². The Balaban J connectivity index is 1.80. The minimum absolute atomic E-state index is 0.0924. The Hall–Kier alpha value is -1.39. The van der Waals surface area contributed by atoms with Crippen molar-refractivity contribution >= 4 is 0 Å². The van der Waals surface area contributed by atoms with Gasteiger partial charge in [0, 0.05) is 31.3 Å². The second kappa shape index (κ2) is 7.02. The van der Waals surface area contributed by atoms with Crippen molar-refractivity contribution in [2.24, 2.45) is 5.92 Å². The van der Waals surface area contributed by atoms with Crippen LogP contribution in [0.5, 0.6) is 5.75 Å². The van der Waals surface area contributed by atoms with Gasteiger partial charge in [-0.05, 0) is 42.7 Å². The summed E-state index contributed by atoms with van der Waals surface area (Å²) in [5, 5.41) is 10.3. The molecule has 1 aromatic rings. The van der Waals surface area contributed by atoms with Crippen LogP contribution in [0, 0.1) is 5.92 Å². The zero-order chi connectivity index (χ0) is 16.4. The molecule has 4 heteroatoms. The molecular weight excluding hydrogens is 290 g/mol. The normalized spacial score (nSPS) is 21.3. The van der Waals surface area contributed by atoms with Crippen molar-refractivity contribution in [2.45, 2.75) is 51.6 Å². The fourth-order valence-electron chi connectivity index (χ4n) is 3.25. The van der Waals surface area contributed by atoms with Gasteiger partial charge in [0.2, 0.25) is 5.43 Å². The van der Waals surface area contributed by atoms with Gasteiger partial charge in [0.15, 0.2) is 5.75 Å². The second-order valence-electron chi connectivity index (χ2n) is 7.26. The molecule has 1 aliphatic carbocycles. The lowest BCUT2D eigenvalue weighted by Crippen LogP contribution is -2.31. The van der Waals surface area contributed by atoms with Gasteiger partial charge in [0.1, 0.15) is 0 Å². The molecule has 1 aromatic carbocycles. The van der Waals surface area contributed by atoms with E-state index in [1.165, 1.54) is 12.8 Å². The van der Waals surface area contributed by atoms with Crippen LogP contribution in [0.15, 0.2) is 23.0 Å². The first-order valence-corrected chi connectivity index (χ1v) is 8.72. The molecule has 1 atom stereocenters. The maximum atomic E-state index is 12.2. The molecule has 1 saturated heterocycles. The van der Waals surface area contributed by atoms with Crippen molar-refractivity contribution in [1.82, 2.24) is 4.90 Å². The monoisotopic (exact) mass is 317 g/mol. The van der Waals surface area contributed by atoms with Crippen LogP contribution in [0.25, 0.3) is 0 Å². The Morgan fingerprint density at radius 3 is 2.70 bits per heavy atom. The topological polar surface area (TPSA) is 49.8 Å². The molecule has 2 fully saturated rings. The van der Waals surface area contributed by atoms with E-state index in [0.29, 0.717) is 18.5 Å². The Kier molecular flexibility index (Phi) is 5.02. The predicted molar refractivity (Wildman–Crippen MR) is 90.8 cm³/mol. The Bertz CT molecular complexity index is 604. The van der Waals surface area contributed by atoms with Gasteiger partial charge < -0.3 is 9.84 Å². The van der Waals surface area contributed by atoms with E-state index >= 15 is 0 Å². The van der Waals surface area contributed by atoms with E-state index < -0.39 is 0 Å². The molecule has 4 nitrogen and oxygen atoms in total. The summed E-state index contributed by atoms with van der Waals surface area (Å²) in [6.45, 7) is 7.45. The first kappa shape index (κ1) is 16.5. The molecule has 1 heterocycles. The Morgan fingerprint density at radius 2 is 2.09 bits per heavy atom. The second-order valence-corrected chi connectivity index (χ2v) is 7.26. The zero-order valence-corrected chi connectivity index (χ0v) is 14.1. The average Bonchev–Trinajstić information content (AvgIpc) is 3.26. The van der Waals surface area contributed by atoms with Gasteiger partial charge in [0.25, 0.3) is 0 Å². The molecule has 3 rings (SSSR count). The first-order chi connectivity index (χ1) is 11.0. The van der Waals surface area contributed by atoms with Crippen LogP contribution in [0.3, 0.4) is 0 Å². The van der Waals surface area contributed by atoms with Crippen molar-refractivity contribution in [3.05, 3.63) is 39.5 Å². The van der Waals surface area contributed by atoms with Gasteiger partial charge in [-0.1, -0.05) is 26.0 Å². The molecule has 1 unspecified atom stereocenters. The van der Waals surface area contributed by atoms with Crippen molar-refractivity contribution < 1.29 is 9.84 Å². The molecule has 0 bridgehead atoms. The molecule has 0 radical (unpaired) electrons. The summed E-state index contributed by atoms with van der Waals surface area (Å²) in [5.74, 6) is 0.760. The minimum atomic E-state index is -0.270. The van der Waals surface area contributed by atoms with Crippen LogP contribution in [0.2, 0.25) is 0 Å². The number of rotatable bonds is 6. The lowest BCUT2D eigenvalue weighted by molar-refractivity contribution is 0.161. The van der Waals surface area contributed by atoms with Gasteiger partial charge in [-0.25, -0.2) is 0 Å². The Morgan fingerprint density at radius 1 is 1.30 bits per heavy atom. The molecule has 126 valence electrons. The number of aromatic hydroxyl groups is 1. The number of hydrogen-bond donors (Lipinski definition) is 1. The molecule has 0 amide bonds. The van der Waals surface area contributed by atoms with E-state index in [2.05, 4.69) is 18.7 Å². The summed E-state index contributed by atoms with van der Waals surface area (Å²) in [4.78, 5) is 14.6. The molecule has 2 aliphatic rings. The highest BCUT2D eigenvalue weighted by Gasteiger charge is 2.32. The summed E-state index contributed by atoms with van der Waals surface area (Å²) in [5.41, 5.74) is 1.44. The lowest BCUT2D eigenvalue weighted by Gasteiger charge is -2.24. The molecule has 1 N–H and O–H groups in total. The SMILES string of the molecule is CC(C)c1ccc(CN(CC2CCOC2)C2CC2)c(O)c(=O)c1. The van der Waals surface area contributed by atoms with Gasteiger partial charge >= 0.3 is 0 Å². The highest BCUT2D eigenvalue weighted by Crippen LogP contribution is 2.31. The number of hydrogen-bond acceptors (Lipinski definition) is 4. The molecule has 1 aliphatic heterocycles. The third kappa shape index (κ3) is 4.12. The highest BCUT2D eigenvalue weighted by atomic mass is 16.5. The van der Waals surface area contributed by atoms with E-state index in [0.717, 1.165) is 37.3 Å². The van der Waals surface area contributed by atoms with E-state index in [4.69, 9.17) is 4.74 Å². The van der Waals surface area contributed by atoms with E-state index in [-0.39, 0.29) is 17.1 Å². The molecule has 0 aromatic heterocycles. The Labute approximate surface area is 138 Å². The fraction of sp³-hybridized carbons (Fsp3) is 0.632. The summed E-state index contributed by atoms with van der Waals surface area (Å²) in [7, 11) is 0. The molecular formula is C19H27NO3. The summed E-state index contributed by atoms with van der Waals surface area (Å²) < 4.78 is 5.48. The van der Waals surface area contributed by atoms with Gasteiger partial charge in [-0.3, -0.25) is 9.69 Å². The van der Waals surface area contributed by atoms with Crippen LogP contribution in [-0.4, -0.2) is 35.8 Å². The van der Waals surface area contributed by atoms with E-state index in [1.54, 1.807) is 6.07 Å². The molecule has 23 heavy (non-hydrogen) atoms. The summed E-state index contributed by atoms with van der Waals surface area (Å²) in [6.07, 6.45) is 3.55. The van der Waals surface area contributed by atoms with Crippen LogP contribution in [0.1, 0.15) is 50.2 Å². The number of nitrogens with zero attached hydrogens (tertiary/aromatic N) is 1. The maximum Gasteiger partial charge on any atom is 0.220 e. The van der Waals surface area contributed by atoms with Crippen molar-refractivity contribution in [3.8, 4) is 5.75 Å². The number of ether oxygens (including phenoxy) is 1. The van der Waals surface area contributed by atoms with Crippen LogP contribution in [0.4, 0.5) is 0 Å². The van der Waals surface area contributed by atoms with Crippen LogP contribution < -0.4 is 5.43 Å². The van der Waals surface area contributed by atoms with Crippen LogP contribution >= 0.6 is 0 Å². The van der Waals surface area contributed by atoms with Gasteiger partial charge in [-0.2, -0.15) is 0 Å². The van der Waals surface area contributed by atoms with E-state index in [9.17, 15) is 9.90 Å². The van der Waals surface area contributed by atoms with Gasteiger partial charge in [0.05, 0.1) is 6.61 Å². The summed E-state index contributed by atoms with van der Waals surface area (Å²) >= 11 is 0. The molecule has 0 spiro atoms. The maximum absolute atomic E-state index is 12.2. The summed E-state index contributed by atoms with van der Waals surface area (Å²) in [6, 6.07) is 6.06. The zero-order valence-electron chi connectivity index (χ0n) is 14.1. The average molecular weight is 317 g/mol. The fourth-order valence-corrected chi connectivity index (χ4v) is 3.25. The lowest BCUT2D eigenvalue weighted by atomic mass is 10.1. The quantitative estimate of drug-likeness (QED) is 0.876. The first-order valence-electron chi connectivity index (χ1n) is 8.72. The largest absolute Gasteiger partial charge is 0.504 e. The third-order valence-corrected chi connectivity index (χ3v) is 4.93. The standard InChI is InChI=1S/C19H27NO3/c1-13(2)15-3-4-16(19(22)18(21)9-15)11-20(17-5-6-17)10-14-7-8-23-12-14/h3-4,9,13-14,17H,5-8,10-12H2,1-2H3,(H,21,22). The van der Waals surface area contributed by atoms with Crippen LogP contribution in [-0.2, 0) is 11.3 Å². The van der Waals surface area contributed by atoms with Gasteiger partial charge in [-0.15, -0.1) is 0 Å².